The molecule has 1 unspecified atom stereocenters. The summed E-state index contributed by atoms with van der Waals surface area (Å²) in [6, 6.07) is 12.0. The predicted octanol–water partition coefficient (Wildman–Crippen LogP) is 1.99. The van der Waals surface area contributed by atoms with E-state index in [0.717, 1.165) is 5.69 Å². The van der Waals surface area contributed by atoms with Gasteiger partial charge in [-0.25, -0.2) is 14.3 Å². The van der Waals surface area contributed by atoms with Gasteiger partial charge in [0.25, 0.3) is 5.56 Å². The van der Waals surface area contributed by atoms with Gasteiger partial charge in [0.15, 0.2) is 5.65 Å². The first-order valence-corrected chi connectivity index (χ1v) is 8.57. The van der Waals surface area contributed by atoms with Gasteiger partial charge in [-0.1, -0.05) is 37.3 Å². The molecule has 3 heterocycles. The van der Waals surface area contributed by atoms with Crippen molar-refractivity contribution in [1.29, 1.82) is 0 Å². The minimum atomic E-state index is -0.553. The molecule has 3 N–H and O–H groups in total. The number of imidazole rings is 1. The first-order valence-electron chi connectivity index (χ1n) is 8.57. The lowest BCUT2D eigenvalue weighted by atomic mass is 10.0. The second-order valence-electron chi connectivity index (χ2n) is 6.32. The second kappa shape index (κ2) is 6.91. The molecule has 27 heavy (non-hydrogen) atoms. The van der Waals surface area contributed by atoms with E-state index in [1.165, 1.54) is 11.8 Å². The lowest BCUT2D eigenvalue weighted by Gasteiger charge is -2.15. The topological polar surface area (TPSA) is 108 Å². The number of H-pyrrole nitrogens is 2. The van der Waals surface area contributed by atoms with Gasteiger partial charge >= 0.3 is 5.69 Å². The smallest absolute Gasteiger partial charge is 0.325 e. The van der Waals surface area contributed by atoms with Crippen molar-refractivity contribution in [1.82, 2.24) is 24.6 Å². The fourth-order valence-electron chi connectivity index (χ4n) is 2.94. The number of hydrogen-bond acceptors (Lipinski definition) is 5. The number of aromatic nitrogens is 5. The molecule has 0 spiro atoms. The minimum absolute atomic E-state index is 0.282. The lowest BCUT2D eigenvalue weighted by molar-refractivity contribution is 0.803. The van der Waals surface area contributed by atoms with E-state index in [4.69, 9.17) is 0 Å². The summed E-state index contributed by atoms with van der Waals surface area (Å²) >= 11 is 0. The molecule has 3 aromatic heterocycles. The largest absolute Gasteiger partial charge is 0.381 e. The summed E-state index contributed by atoms with van der Waals surface area (Å²) in [4.78, 5) is 32.4. The van der Waals surface area contributed by atoms with Crippen molar-refractivity contribution in [3.8, 4) is 11.3 Å². The fraction of sp³-hybridized carbons (Fsp3) is 0.158. The predicted molar refractivity (Wildman–Crippen MR) is 103 cm³/mol. The Morgan fingerprint density at radius 3 is 2.81 bits per heavy atom. The fourth-order valence-corrected chi connectivity index (χ4v) is 2.94. The van der Waals surface area contributed by atoms with Gasteiger partial charge in [-0.15, -0.1) is 0 Å². The average molecular weight is 362 g/mol. The van der Waals surface area contributed by atoms with Crippen LogP contribution in [0.3, 0.4) is 0 Å². The summed E-state index contributed by atoms with van der Waals surface area (Å²) in [5.41, 5.74) is 2.34. The molecule has 0 bridgehead atoms. The Morgan fingerprint density at radius 1 is 1.22 bits per heavy atom. The van der Waals surface area contributed by atoms with Crippen molar-refractivity contribution in [2.45, 2.75) is 12.8 Å². The Kier molecular flexibility index (Phi) is 4.29. The highest BCUT2D eigenvalue weighted by Crippen LogP contribution is 2.22. The van der Waals surface area contributed by atoms with Gasteiger partial charge in [-0.2, -0.15) is 5.10 Å². The van der Waals surface area contributed by atoms with Crippen LogP contribution in [0.1, 0.15) is 18.4 Å². The van der Waals surface area contributed by atoms with Crippen molar-refractivity contribution in [2.75, 3.05) is 11.9 Å². The number of nitrogens with zero attached hydrogens (tertiary/aromatic N) is 3. The molecule has 1 aromatic carbocycles. The molecular weight excluding hydrogens is 344 g/mol. The first-order chi connectivity index (χ1) is 13.1. The van der Waals surface area contributed by atoms with Gasteiger partial charge in [-0.3, -0.25) is 9.78 Å². The van der Waals surface area contributed by atoms with E-state index in [1.54, 1.807) is 23.0 Å². The van der Waals surface area contributed by atoms with E-state index in [0.29, 0.717) is 17.9 Å². The van der Waals surface area contributed by atoms with E-state index >= 15 is 0 Å². The maximum atomic E-state index is 12.1. The molecule has 0 radical (unpaired) electrons. The second-order valence-corrected chi connectivity index (χ2v) is 6.32. The first kappa shape index (κ1) is 16.8. The van der Waals surface area contributed by atoms with Gasteiger partial charge in [0.2, 0.25) is 0 Å². The Hall–Kier alpha value is -3.68. The molecular formula is C19H18N6O2. The van der Waals surface area contributed by atoms with Crippen molar-refractivity contribution in [3.63, 3.8) is 0 Å². The number of anilines is 1. The van der Waals surface area contributed by atoms with Crippen LogP contribution >= 0.6 is 0 Å². The monoisotopic (exact) mass is 362 g/mol. The molecule has 136 valence electrons. The summed E-state index contributed by atoms with van der Waals surface area (Å²) in [6.45, 7) is 2.83. The molecule has 0 saturated carbocycles. The van der Waals surface area contributed by atoms with Gasteiger partial charge in [0.1, 0.15) is 5.69 Å². The molecule has 4 rings (SSSR count). The number of fused-ring (bicyclic) bond motifs is 1. The SMILES string of the molecule is CC(CNc1cc(-c2c[nH]c(=O)[nH]c2=O)nn2ccnc12)c1ccccc1. The molecule has 8 nitrogen and oxygen atoms in total. The molecule has 0 saturated heterocycles. The van der Waals surface area contributed by atoms with Crippen LogP contribution in [-0.2, 0) is 0 Å². The summed E-state index contributed by atoms with van der Waals surface area (Å²) < 4.78 is 1.61. The maximum Gasteiger partial charge on any atom is 0.325 e. The van der Waals surface area contributed by atoms with Crippen molar-refractivity contribution >= 4 is 11.3 Å². The molecule has 4 aromatic rings. The molecule has 0 aliphatic rings. The lowest BCUT2D eigenvalue weighted by Crippen LogP contribution is -2.23. The quantitative estimate of drug-likeness (QED) is 0.503. The molecule has 0 amide bonds. The standard InChI is InChI=1S/C19H18N6O2/c1-12(13-5-3-2-4-6-13)10-21-16-9-15(24-25-8-7-20-17(16)25)14-11-22-19(27)23-18(14)26/h2-9,11-12,21H,10H2,1H3,(H2,22,23,26,27). The third-order valence-corrected chi connectivity index (χ3v) is 4.42. The number of rotatable bonds is 5. The zero-order valence-corrected chi connectivity index (χ0v) is 14.6. The summed E-state index contributed by atoms with van der Waals surface area (Å²) in [5.74, 6) is 0.286. The van der Waals surface area contributed by atoms with Crippen LogP contribution in [0.15, 0.2) is 64.6 Å². The molecule has 0 fully saturated rings. The zero-order chi connectivity index (χ0) is 18.8. The van der Waals surface area contributed by atoms with Crippen molar-refractivity contribution in [2.24, 2.45) is 0 Å². The van der Waals surface area contributed by atoms with Gasteiger partial charge in [0, 0.05) is 25.1 Å². The van der Waals surface area contributed by atoms with E-state index in [-0.39, 0.29) is 11.5 Å². The van der Waals surface area contributed by atoms with E-state index in [1.807, 2.05) is 18.2 Å². The van der Waals surface area contributed by atoms with Gasteiger partial charge < -0.3 is 10.3 Å². The molecule has 8 heteroatoms. The minimum Gasteiger partial charge on any atom is -0.381 e. The zero-order valence-electron chi connectivity index (χ0n) is 14.6. The van der Waals surface area contributed by atoms with Crippen LogP contribution in [-0.4, -0.2) is 31.1 Å². The maximum absolute atomic E-state index is 12.1. The average Bonchev–Trinajstić information content (AvgIpc) is 3.15. The summed E-state index contributed by atoms with van der Waals surface area (Å²) in [5, 5.41) is 7.82. The van der Waals surface area contributed by atoms with Gasteiger partial charge in [0.05, 0.1) is 11.3 Å². The van der Waals surface area contributed by atoms with Crippen LogP contribution in [0, 0.1) is 0 Å². The highest BCUT2D eigenvalue weighted by molar-refractivity contribution is 5.73. The molecule has 0 aliphatic carbocycles. The van der Waals surface area contributed by atoms with Crippen molar-refractivity contribution < 1.29 is 0 Å². The van der Waals surface area contributed by atoms with E-state index in [2.05, 4.69) is 44.4 Å². The summed E-state index contributed by atoms with van der Waals surface area (Å²) in [7, 11) is 0. The van der Waals surface area contributed by atoms with Gasteiger partial charge in [-0.05, 0) is 17.5 Å². The highest BCUT2D eigenvalue weighted by atomic mass is 16.2. The van der Waals surface area contributed by atoms with Crippen LogP contribution in [0.25, 0.3) is 16.9 Å². The molecule has 0 aliphatic heterocycles. The third-order valence-electron chi connectivity index (χ3n) is 4.42. The van der Waals surface area contributed by atoms with Crippen LogP contribution in [0.2, 0.25) is 0 Å². The summed E-state index contributed by atoms with van der Waals surface area (Å²) in [6.07, 6.45) is 4.72. The van der Waals surface area contributed by atoms with Crippen LogP contribution in [0.4, 0.5) is 5.69 Å². The van der Waals surface area contributed by atoms with E-state index in [9.17, 15) is 9.59 Å². The third kappa shape index (κ3) is 3.37. The Morgan fingerprint density at radius 2 is 2.04 bits per heavy atom. The Labute approximate surface area is 153 Å². The number of benzene rings is 1. The number of nitrogens with one attached hydrogen (secondary N) is 3. The Bertz CT molecular complexity index is 1190. The Balaban J connectivity index is 1.69. The van der Waals surface area contributed by atoms with Crippen LogP contribution < -0.4 is 16.6 Å². The normalized spacial score (nSPS) is 12.2. The number of aromatic amines is 2. The highest BCUT2D eigenvalue weighted by Gasteiger charge is 2.13. The molecule has 1 atom stereocenters. The van der Waals surface area contributed by atoms with E-state index < -0.39 is 11.2 Å². The van der Waals surface area contributed by atoms with Crippen LogP contribution in [0.5, 0.6) is 0 Å². The van der Waals surface area contributed by atoms with Crippen molar-refractivity contribution in [3.05, 3.63) is 81.4 Å². The number of hydrogen-bond donors (Lipinski definition) is 3.